The van der Waals surface area contributed by atoms with Gasteiger partial charge in [-0.2, -0.15) is 5.26 Å². The summed E-state index contributed by atoms with van der Waals surface area (Å²) in [5, 5.41) is 9.39. The first-order valence-electron chi connectivity index (χ1n) is 13.2. The number of benzene rings is 3. The molecule has 1 saturated heterocycles. The van der Waals surface area contributed by atoms with Crippen molar-refractivity contribution in [1.29, 1.82) is 5.26 Å². The van der Waals surface area contributed by atoms with Crippen LogP contribution < -0.4 is 0 Å². The van der Waals surface area contributed by atoms with E-state index in [2.05, 4.69) is 86.1 Å². The predicted octanol–water partition coefficient (Wildman–Crippen LogP) is 5.67. The molecule has 6 nitrogen and oxygen atoms in total. The van der Waals surface area contributed by atoms with E-state index in [-0.39, 0.29) is 0 Å². The molecule has 1 fully saturated rings. The average molecular weight is 499 g/mol. The number of hydrogen-bond acceptors (Lipinski definition) is 5. The molecule has 0 N–H and O–H groups in total. The Kier molecular flexibility index (Phi) is 6.95. The van der Waals surface area contributed by atoms with Gasteiger partial charge in [0.25, 0.3) is 0 Å². The molecule has 6 rings (SSSR count). The van der Waals surface area contributed by atoms with Crippen LogP contribution in [0.4, 0.5) is 0 Å². The van der Waals surface area contributed by atoms with E-state index in [9.17, 15) is 5.26 Å². The van der Waals surface area contributed by atoms with Crippen LogP contribution in [0.5, 0.6) is 0 Å². The van der Waals surface area contributed by atoms with Crippen molar-refractivity contribution in [1.82, 2.24) is 24.3 Å². The van der Waals surface area contributed by atoms with Crippen LogP contribution in [0.3, 0.4) is 0 Å². The van der Waals surface area contributed by atoms with E-state index in [4.69, 9.17) is 4.98 Å². The molecule has 0 amide bonds. The first-order chi connectivity index (χ1) is 18.8. The van der Waals surface area contributed by atoms with Crippen LogP contribution >= 0.6 is 0 Å². The topological polar surface area (TPSA) is 61.0 Å². The van der Waals surface area contributed by atoms with Crippen molar-refractivity contribution in [2.24, 2.45) is 0 Å². The lowest BCUT2D eigenvalue weighted by Crippen LogP contribution is -2.30. The summed E-state index contributed by atoms with van der Waals surface area (Å²) < 4.78 is 2.13. The second-order valence-electron chi connectivity index (χ2n) is 9.86. The molecule has 0 atom stereocenters. The molecule has 0 spiro atoms. The molecule has 3 heterocycles. The molecule has 188 valence electrons. The van der Waals surface area contributed by atoms with E-state index in [1.165, 1.54) is 17.5 Å². The van der Waals surface area contributed by atoms with Crippen LogP contribution in [0.1, 0.15) is 23.1 Å². The summed E-state index contributed by atoms with van der Waals surface area (Å²) in [6, 6.07) is 33.4. The van der Waals surface area contributed by atoms with Crippen molar-refractivity contribution in [2.45, 2.75) is 19.5 Å². The molecule has 1 aliphatic heterocycles. The van der Waals surface area contributed by atoms with E-state index >= 15 is 0 Å². The van der Waals surface area contributed by atoms with Gasteiger partial charge in [0.05, 0.1) is 22.7 Å². The molecule has 38 heavy (non-hydrogen) atoms. The van der Waals surface area contributed by atoms with Crippen LogP contribution in [0, 0.1) is 11.3 Å². The van der Waals surface area contributed by atoms with E-state index in [0.717, 1.165) is 61.8 Å². The summed E-state index contributed by atoms with van der Waals surface area (Å²) in [5.74, 6) is 0.738. The fourth-order valence-electron chi connectivity index (χ4n) is 5.27. The monoisotopic (exact) mass is 498 g/mol. The van der Waals surface area contributed by atoms with Gasteiger partial charge in [-0.25, -0.2) is 4.98 Å². The van der Waals surface area contributed by atoms with Crippen LogP contribution in [0.25, 0.3) is 28.2 Å². The number of hydrogen-bond donors (Lipinski definition) is 0. The zero-order chi connectivity index (χ0) is 25.7. The largest absolute Gasteiger partial charge is 0.298 e. The number of nitriles is 1. The number of pyridine rings is 1. The zero-order valence-electron chi connectivity index (χ0n) is 21.4. The summed E-state index contributed by atoms with van der Waals surface area (Å²) in [5.41, 5.74) is 6.91. The van der Waals surface area contributed by atoms with Gasteiger partial charge in [-0.15, -0.1) is 0 Å². The Morgan fingerprint density at radius 3 is 2.16 bits per heavy atom. The lowest BCUT2D eigenvalue weighted by Gasteiger charge is -2.22. The summed E-state index contributed by atoms with van der Waals surface area (Å²) in [6.45, 7) is 6.39. The maximum atomic E-state index is 9.39. The zero-order valence-corrected chi connectivity index (χ0v) is 21.4. The molecule has 0 bridgehead atoms. The smallest absolute Gasteiger partial charge is 0.164 e. The minimum atomic E-state index is 0.573. The second kappa shape index (κ2) is 11.0. The maximum absolute atomic E-state index is 9.39. The Morgan fingerprint density at radius 1 is 0.737 bits per heavy atom. The number of imidazole rings is 1. The molecule has 0 aliphatic carbocycles. The Labute approximate surface area is 223 Å². The number of aromatic nitrogens is 3. The van der Waals surface area contributed by atoms with Crippen molar-refractivity contribution in [3.63, 3.8) is 0 Å². The highest BCUT2D eigenvalue weighted by atomic mass is 15.2. The van der Waals surface area contributed by atoms with Crippen molar-refractivity contribution in [3.8, 4) is 23.3 Å². The molecule has 2 aromatic heterocycles. The van der Waals surface area contributed by atoms with Crippen molar-refractivity contribution < 1.29 is 0 Å². The van der Waals surface area contributed by atoms with Gasteiger partial charge in [0, 0.05) is 38.1 Å². The van der Waals surface area contributed by atoms with Crippen molar-refractivity contribution >= 4 is 11.0 Å². The summed E-state index contributed by atoms with van der Waals surface area (Å²) in [6.07, 6.45) is 2.85. The lowest BCUT2D eigenvalue weighted by molar-refractivity contribution is 0.247. The van der Waals surface area contributed by atoms with E-state index in [1.54, 1.807) is 18.3 Å². The van der Waals surface area contributed by atoms with Gasteiger partial charge in [-0.1, -0.05) is 54.6 Å². The average Bonchev–Trinajstić information content (AvgIpc) is 3.23. The Bertz CT molecular complexity index is 1570. The Morgan fingerprint density at radius 2 is 1.42 bits per heavy atom. The lowest BCUT2D eigenvalue weighted by atomic mass is 10.1. The van der Waals surface area contributed by atoms with E-state index in [1.807, 2.05) is 18.2 Å². The molecule has 3 aromatic carbocycles. The fourth-order valence-corrected chi connectivity index (χ4v) is 5.27. The van der Waals surface area contributed by atoms with Gasteiger partial charge >= 0.3 is 0 Å². The third kappa shape index (κ3) is 5.21. The van der Waals surface area contributed by atoms with Gasteiger partial charge in [-0.3, -0.25) is 19.4 Å². The number of para-hydroxylation sites is 2. The standard InChI is InChI=1S/C32H30N6/c33-22-27-15-16-34-30(21-27)32-35-29-9-4-5-10-31(29)38(32)28-13-11-26(12-14-28)24-37-18-6-17-36(19-20-37)23-25-7-2-1-3-8-25/h1-5,7-16,21H,6,17-20,23-24H2. The normalized spacial score (nSPS) is 14.8. The highest BCUT2D eigenvalue weighted by Gasteiger charge is 2.17. The highest BCUT2D eigenvalue weighted by Crippen LogP contribution is 2.28. The molecule has 6 heteroatoms. The van der Waals surface area contributed by atoms with Crippen LogP contribution in [0.15, 0.2) is 97.2 Å². The maximum Gasteiger partial charge on any atom is 0.164 e. The molecule has 5 aromatic rings. The van der Waals surface area contributed by atoms with Crippen LogP contribution in [-0.4, -0.2) is 50.5 Å². The summed E-state index contributed by atoms with van der Waals surface area (Å²) in [7, 11) is 0. The van der Waals surface area contributed by atoms with Gasteiger partial charge in [0.1, 0.15) is 5.69 Å². The minimum absolute atomic E-state index is 0.573. The number of nitrogens with zero attached hydrogens (tertiary/aromatic N) is 6. The molecule has 1 aliphatic rings. The van der Waals surface area contributed by atoms with Gasteiger partial charge in [0.2, 0.25) is 0 Å². The van der Waals surface area contributed by atoms with E-state index in [0.29, 0.717) is 11.3 Å². The quantitative estimate of drug-likeness (QED) is 0.302. The molecule has 0 saturated carbocycles. The molecular weight excluding hydrogens is 468 g/mol. The highest BCUT2D eigenvalue weighted by molar-refractivity contribution is 5.82. The fraction of sp³-hybridized carbons (Fsp3) is 0.219. The Hall–Kier alpha value is -4.31. The van der Waals surface area contributed by atoms with Gasteiger partial charge < -0.3 is 0 Å². The molecule has 0 radical (unpaired) electrons. The minimum Gasteiger partial charge on any atom is -0.298 e. The second-order valence-corrected chi connectivity index (χ2v) is 9.86. The third-order valence-electron chi connectivity index (χ3n) is 7.21. The molecular formula is C32H30N6. The summed E-state index contributed by atoms with van der Waals surface area (Å²) in [4.78, 5) is 14.5. The first-order valence-corrected chi connectivity index (χ1v) is 13.2. The predicted molar refractivity (Wildman–Crippen MR) is 151 cm³/mol. The third-order valence-corrected chi connectivity index (χ3v) is 7.21. The summed E-state index contributed by atoms with van der Waals surface area (Å²) >= 11 is 0. The first kappa shape index (κ1) is 24.1. The number of rotatable bonds is 6. The van der Waals surface area contributed by atoms with Crippen LogP contribution in [0.2, 0.25) is 0 Å². The number of fused-ring (bicyclic) bond motifs is 1. The van der Waals surface area contributed by atoms with Gasteiger partial charge in [-0.05, 0) is 67.0 Å². The molecule has 0 unspecified atom stereocenters. The van der Waals surface area contributed by atoms with Gasteiger partial charge in [0.15, 0.2) is 5.82 Å². The van der Waals surface area contributed by atoms with Crippen molar-refractivity contribution in [2.75, 3.05) is 26.2 Å². The Balaban J connectivity index is 1.20. The SMILES string of the molecule is N#Cc1ccnc(-c2nc3ccccc3n2-c2ccc(CN3CCCN(Cc4ccccc4)CC3)cc2)c1. The van der Waals surface area contributed by atoms with Crippen molar-refractivity contribution in [3.05, 3.63) is 114 Å². The van der Waals surface area contributed by atoms with E-state index < -0.39 is 0 Å². The van der Waals surface area contributed by atoms with Crippen LogP contribution in [-0.2, 0) is 13.1 Å².